The van der Waals surface area contributed by atoms with Crippen LogP contribution in [0.25, 0.3) is 10.8 Å². The Morgan fingerprint density at radius 1 is 0.655 bits per heavy atom. The highest BCUT2D eigenvalue weighted by molar-refractivity contribution is 7.85. The monoisotopic (exact) mass is 420 g/mol. The van der Waals surface area contributed by atoms with E-state index in [0.717, 1.165) is 0 Å². The van der Waals surface area contributed by atoms with E-state index in [1.54, 1.807) is 0 Å². The molecule has 0 atom stereocenters. The Balaban J connectivity index is -0.000000316. The van der Waals surface area contributed by atoms with Gasteiger partial charge in [0, 0.05) is 0 Å². The molecule has 0 aliphatic rings. The van der Waals surface area contributed by atoms with Crippen molar-refractivity contribution in [1.82, 2.24) is 0 Å². The molecule has 3 nitrogen and oxygen atoms in total. The molecule has 164 valence electrons. The number of hydrogen-bond donors (Lipinski definition) is 1. The molecular formula is C25H40O3S. The second kappa shape index (κ2) is 22.1. The normalized spacial score (nSPS) is 8.59. The predicted octanol–water partition coefficient (Wildman–Crippen LogP) is 7.81. The molecule has 0 saturated carbocycles. The Morgan fingerprint density at radius 3 is 1.03 bits per heavy atom. The quantitative estimate of drug-likeness (QED) is 0.377. The van der Waals surface area contributed by atoms with Crippen LogP contribution < -0.4 is 0 Å². The van der Waals surface area contributed by atoms with E-state index < -0.39 is 10.1 Å². The summed E-state index contributed by atoms with van der Waals surface area (Å²) in [6.45, 7) is 14.3. The van der Waals surface area contributed by atoms with Crippen molar-refractivity contribution in [2.24, 2.45) is 0 Å². The van der Waals surface area contributed by atoms with Crippen LogP contribution in [0.4, 0.5) is 0 Å². The lowest BCUT2D eigenvalue weighted by molar-refractivity contribution is 0.490. The van der Waals surface area contributed by atoms with Crippen LogP contribution in [0, 0.1) is 6.92 Å². The van der Waals surface area contributed by atoms with Gasteiger partial charge in [0.25, 0.3) is 10.1 Å². The zero-order chi connectivity index (χ0) is 23.1. The van der Waals surface area contributed by atoms with E-state index in [2.05, 4.69) is 81.4 Å². The molecule has 29 heavy (non-hydrogen) atoms. The minimum absolute atomic E-state index is 0.715. The van der Waals surface area contributed by atoms with Gasteiger partial charge in [-0.3, -0.25) is 4.55 Å². The van der Waals surface area contributed by atoms with Gasteiger partial charge < -0.3 is 0 Å². The Kier molecular flexibility index (Phi) is 24.0. The Labute approximate surface area is 179 Å². The first-order valence-electron chi connectivity index (χ1n) is 10.2. The van der Waals surface area contributed by atoms with Gasteiger partial charge in [-0.1, -0.05) is 132 Å². The molecule has 0 aromatic heterocycles. The summed E-state index contributed by atoms with van der Waals surface area (Å²) in [6.07, 6.45) is 1.97. The third kappa shape index (κ3) is 25.8. The van der Waals surface area contributed by atoms with E-state index in [4.69, 9.17) is 4.55 Å². The molecule has 1 N–H and O–H groups in total. The standard InChI is InChI=1S/C10H8.C7H8.C3H8.2C2H6.CH4O3S/c1-2-6-10-8-4-3-7-9(10)5-1;1-7-5-3-2-4-6-7;1-3-2;2*1-2;1-5(2,3)4/h1-8H;2-6H,1H3;3H2,1-2H3;2*1-2H3;1H3,(H,2,3,4). The number of aryl methyl sites for hydroxylation is 1. The summed E-state index contributed by atoms with van der Waals surface area (Å²) in [5.74, 6) is 0. The summed E-state index contributed by atoms with van der Waals surface area (Å²) in [7, 11) is -3.67. The summed E-state index contributed by atoms with van der Waals surface area (Å²) in [5.41, 5.74) is 1.32. The maximum atomic E-state index is 9.19. The van der Waals surface area contributed by atoms with Crippen molar-refractivity contribution in [3.8, 4) is 0 Å². The zero-order valence-electron chi connectivity index (χ0n) is 19.4. The molecular weight excluding hydrogens is 380 g/mol. The van der Waals surface area contributed by atoms with Crippen molar-refractivity contribution >= 4 is 20.9 Å². The minimum atomic E-state index is -3.67. The van der Waals surface area contributed by atoms with E-state index in [1.165, 1.54) is 22.8 Å². The highest BCUT2D eigenvalue weighted by Gasteiger charge is 1.85. The average Bonchev–Trinajstić information content (AvgIpc) is 2.72. The van der Waals surface area contributed by atoms with Gasteiger partial charge in [-0.25, -0.2) is 0 Å². The first-order valence-corrected chi connectivity index (χ1v) is 12.0. The first kappa shape index (κ1) is 31.5. The van der Waals surface area contributed by atoms with Crippen molar-refractivity contribution < 1.29 is 13.0 Å². The lowest BCUT2D eigenvalue weighted by Gasteiger charge is -1.92. The van der Waals surface area contributed by atoms with Gasteiger partial charge in [-0.15, -0.1) is 0 Å². The maximum absolute atomic E-state index is 9.19. The van der Waals surface area contributed by atoms with Gasteiger partial charge in [0.15, 0.2) is 0 Å². The van der Waals surface area contributed by atoms with Crippen molar-refractivity contribution in [3.05, 3.63) is 84.4 Å². The van der Waals surface area contributed by atoms with Crippen LogP contribution >= 0.6 is 0 Å². The Bertz CT molecular complexity index is 725. The van der Waals surface area contributed by atoms with Crippen LogP contribution in [0.1, 0.15) is 53.5 Å². The van der Waals surface area contributed by atoms with Crippen LogP contribution in [0.15, 0.2) is 78.9 Å². The lowest BCUT2D eigenvalue weighted by Crippen LogP contribution is -1.88. The molecule has 0 aliphatic heterocycles. The summed E-state index contributed by atoms with van der Waals surface area (Å²) in [5, 5.41) is 2.62. The Hall–Kier alpha value is -2.17. The largest absolute Gasteiger partial charge is 0.286 e. The first-order chi connectivity index (χ1) is 13.8. The van der Waals surface area contributed by atoms with E-state index >= 15 is 0 Å². The van der Waals surface area contributed by atoms with Gasteiger partial charge in [0.2, 0.25) is 0 Å². The van der Waals surface area contributed by atoms with Gasteiger partial charge in [-0.2, -0.15) is 8.42 Å². The van der Waals surface area contributed by atoms with Crippen molar-refractivity contribution in [1.29, 1.82) is 0 Å². The molecule has 0 saturated heterocycles. The summed E-state index contributed by atoms with van der Waals surface area (Å²) < 4.78 is 25.9. The van der Waals surface area contributed by atoms with Crippen LogP contribution in [0.2, 0.25) is 0 Å². The summed E-state index contributed by atoms with van der Waals surface area (Å²) in [4.78, 5) is 0. The number of hydrogen-bond acceptors (Lipinski definition) is 2. The molecule has 0 heterocycles. The third-order valence-corrected chi connectivity index (χ3v) is 2.60. The molecule has 0 bridgehead atoms. The van der Waals surface area contributed by atoms with Crippen LogP contribution in [-0.4, -0.2) is 19.2 Å². The van der Waals surface area contributed by atoms with Gasteiger partial charge in [-0.05, 0) is 17.7 Å². The molecule has 0 aliphatic carbocycles. The number of fused-ring (bicyclic) bond motifs is 1. The molecule has 0 unspecified atom stereocenters. The van der Waals surface area contributed by atoms with Crippen LogP contribution in [-0.2, 0) is 10.1 Å². The van der Waals surface area contributed by atoms with Crippen LogP contribution in [0.5, 0.6) is 0 Å². The van der Waals surface area contributed by atoms with E-state index in [-0.39, 0.29) is 0 Å². The van der Waals surface area contributed by atoms with Crippen molar-refractivity contribution in [2.45, 2.75) is 54.9 Å². The van der Waals surface area contributed by atoms with Crippen molar-refractivity contribution in [2.75, 3.05) is 6.26 Å². The minimum Gasteiger partial charge on any atom is -0.286 e. The smallest absolute Gasteiger partial charge is 0.261 e. The average molecular weight is 421 g/mol. The summed E-state index contributed by atoms with van der Waals surface area (Å²) >= 11 is 0. The second-order valence-electron chi connectivity index (χ2n) is 5.44. The molecule has 0 radical (unpaired) electrons. The maximum Gasteiger partial charge on any atom is 0.261 e. The molecule has 3 aromatic rings. The van der Waals surface area contributed by atoms with Gasteiger partial charge in [0.05, 0.1) is 6.26 Å². The fraction of sp³-hybridized carbons (Fsp3) is 0.360. The number of rotatable bonds is 0. The van der Waals surface area contributed by atoms with Crippen molar-refractivity contribution in [3.63, 3.8) is 0 Å². The predicted molar refractivity (Wildman–Crippen MR) is 131 cm³/mol. The molecule has 0 fully saturated rings. The lowest BCUT2D eigenvalue weighted by atomic mass is 10.1. The molecule has 3 aromatic carbocycles. The fourth-order valence-electron chi connectivity index (χ4n) is 1.67. The van der Waals surface area contributed by atoms with Crippen LogP contribution in [0.3, 0.4) is 0 Å². The van der Waals surface area contributed by atoms with E-state index in [0.29, 0.717) is 6.26 Å². The highest BCUT2D eigenvalue weighted by atomic mass is 32.2. The molecule has 4 heteroatoms. The summed E-state index contributed by atoms with van der Waals surface area (Å²) in [6, 6.07) is 27.0. The van der Waals surface area contributed by atoms with Gasteiger partial charge in [0.1, 0.15) is 0 Å². The number of benzene rings is 3. The SMILES string of the molecule is CC.CC.CCC.CS(=O)(=O)O.Cc1ccccc1.c1ccc2ccccc2c1. The van der Waals surface area contributed by atoms with Gasteiger partial charge >= 0.3 is 0 Å². The molecule has 0 amide bonds. The third-order valence-electron chi connectivity index (χ3n) is 2.60. The molecule has 3 rings (SSSR count). The van der Waals surface area contributed by atoms with E-state index in [9.17, 15) is 8.42 Å². The molecule has 0 spiro atoms. The second-order valence-corrected chi connectivity index (χ2v) is 6.91. The fourth-order valence-corrected chi connectivity index (χ4v) is 1.67. The Morgan fingerprint density at radius 2 is 0.862 bits per heavy atom. The highest BCUT2D eigenvalue weighted by Crippen LogP contribution is 2.11. The topological polar surface area (TPSA) is 54.4 Å². The van der Waals surface area contributed by atoms with E-state index in [1.807, 2.05) is 45.9 Å². The zero-order valence-corrected chi connectivity index (χ0v) is 20.2.